The SMILES string of the molecule is CCOC(=O)C(=Cc1ccc(OC)cc1)CC(=O)O. The second-order valence-corrected chi connectivity index (χ2v) is 3.73. The minimum atomic E-state index is -1.08. The van der Waals surface area contributed by atoms with Crippen LogP contribution in [0.25, 0.3) is 6.08 Å². The Bertz CT molecular complexity index is 473. The highest BCUT2D eigenvalue weighted by atomic mass is 16.5. The minimum absolute atomic E-state index is 0.111. The number of methoxy groups -OCH3 is 1. The third kappa shape index (κ3) is 4.83. The molecule has 1 N–H and O–H groups in total. The summed E-state index contributed by atoms with van der Waals surface area (Å²) in [6, 6.07) is 6.94. The molecule has 0 spiro atoms. The predicted molar refractivity (Wildman–Crippen MR) is 69.9 cm³/mol. The van der Waals surface area contributed by atoms with Gasteiger partial charge in [-0.25, -0.2) is 4.79 Å². The van der Waals surface area contributed by atoms with Gasteiger partial charge in [0.15, 0.2) is 0 Å². The van der Waals surface area contributed by atoms with Crippen LogP contribution in [0.5, 0.6) is 5.75 Å². The van der Waals surface area contributed by atoms with Crippen LogP contribution in [0.1, 0.15) is 18.9 Å². The van der Waals surface area contributed by atoms with Crippen molar-refractivity contribution in [3.8, 4) is 5.75 Å². The molecule has 0 aliphatic rings. The Hall–Kier alpha value is -2.30. The molecule has 0 aliphatic heterocycles. The molecule has 5 nitrogen and oxygen atoms in total. The molecule has 0 heterocycles. The summed E-state index contributed by atoms with van der Waals surface area (Å²) in [6.07, 6.45) is 1.14. The molecule has 0 atom stereocenters. The van der Waals surface area contributed by atoms with E-state index in [1.54, 1.807) is 38.3 Å². The third-order valence-corrected chi connectivity index (χ3v) is 2.34. The monoisotopic (exact) mass is 264 g/mol. The number of aliphatic carboxylic acids is 1. The van der Waals surface area contributed by atoms with E-state index in [1.165, 1.54) is 6.08 Å². The van der Waals surface area contributed by atoms with Crippen molar-refractivity contribution in [3.63, 3.8) is 0 Å². The van der Waals surface area contributed by atoms with Crippen LogP contribution in [-0.2, 0) is 14.3 Å². The fourth-order valence-corrected chi connectivity index (χ4v) is 1.47. The van der Waals surface area contributed by atoms with Crippen molar-refractivity contribution in [2.24, 2.45) is 0 Å². The number of carboxylic acids is 1. The van der Waals surface area contributed by atoms with E-state index in [9.17, 15) is 9.59 Å². The lowest BCUT2D eigenvalue weighted by molar-refractivity contribution is -0.142. The van der Waals surface area contributed by atoms with Crippen LogP contribution in [0.15, 0.2) is 29.8 Å². The summed E-state index contributed by atoms with van der Waals surface area (Å²) in [5.74, 6) is -0.999. The zero-order chi connectivity index (χ0) is 14.3. The van der Waals surface area contributed by atoms with Crippen molar-refractivity contribution in [1.29, 1.82) is 0 Å². The van der Waals surface area contributed by atoms with Crippen molar-refractivity contribution >= 4 is 18.0 Å². The van der Waals surface area contributed by atoms with Crippen molar-refractivity contribution in [2.45, 2.75) is 13.3 Å². The number of ether oxygens (including phenoxy) is 2. The Kier molecular flexibility index (Phi) is 5.60. The molecule has 0 saturated heterocycles. The standard InChI is InChI=1S/C14H16O5/c1-3-19-14(17)11(9-13(15)16)8-10-4-6-12(18-2)7-5-10/h4-8H,3,9H2,1-2H3,(H,15,16). The number of hydrogen-bond acceptors (Lipinski definition) is 4. The molecule has 1 aromatic carbocycles. The Balaban J connectivity index is 2.96. The van der Waals surface area contributed by atoms with Crippen LogP contribution in [0.2, 0.25) is 0 Å². The van der Waals surface area contributed by atoms with Gasteiger partial charge in [0, 0.05) is 5.57 Å². The summed E-state index contributed by atoms with van der Waals surface area (Å²) in [5.41, 5.74) is 0.824. The zero-order valence-electron chi connectivity index (χ0n) is 10.9. The first-order valence-electron chi connectivity index (χ1n) is 5.80. The van der Waals surface area contributed by atoms with Gasteiger partial charge in [0.05, 0.1) is 20.1 Å². The Morgan fingerprint density at radius 3 is 2.37 bits per heavy atom. The topological polar surface area (TPSA) is 72.8 Å². The van der Waals surface area contributed by atoms with Gasteiger partial charge in [-0.1, -0.05) is 12.1 Å². The molecule has 0 bridgehead atoms. The summed E-state index contributed by atoms with van der Waals surface area (Å²) in [5, 5.41) is 8.79. The maximum Gasteiger partial charge on any atom is 0.334 e. The first-order valence-corrected chi connectivity index (χ1v) is 5.80. The quantitative estimate of drug-likeness (QED) is 0.629. The number of rotatable bonds is 6. The summed E-state index contributed by atoms with van der Waals surface area (Å²) < 4.78 is 9.85. The molecule has 102 valence electrons. The maximum absolute atomic E-state index is 11.6. The second-order valence-electron chi connectivity index (χ2n) is 3.73. The molecule has 0 aliphatic carbocycles. The van der Waals surface area contributed by atoms with Gasteiger partial charge in [-0.3, -0.25) is 4.79 Å². The van der Waals surface area contributed by atoms with Crippen LogP contribution in [0.4, 0.5) is 0 Å². The van der Waals surface area contributed by atoms with E-state index in [2.05, 4.69) is 0 Å². The van der Waals surface area contributed by atoms with Gasteiger partial charge < -0.3 is 14.6 Å². The molecule has 1 rings (SSSR count). The Morgan fingerprint density at radius 1 is 1.26 bits per heavy atom. The van der Waals surface area contributed by atoms with Crippen LogP contribution >= 0.6 is 0 Å². The van der Waals surface area contributed by atoms with Gasteiger partial charge in [-0.05, 0) is 30.7 Å². The van der Waals surface area contributed by atoms with Gasteiger partial charge in [0.25, 0.3) is 0 Å². The number of carbonyl (C=O) groups is 2. The summed E-state index contributed by atoms with van der Waals surface area (Å²) in [7, 11) is 1.55. The van der Waals surface area contributed by atoms with Crippen LogP contribution < -0.4 is 4.74 Å². The van der Waals surface area contributed by atoms with Gasteiger partial charge in [0.1, 0.15) is 5.75 Å². The highest BCUT2D eigenvalue weighted by molar-refractivity contribution is 5.97. The molecule has 0 unspecified atom stereocenters. The lowest BCUT2D eigenvalue weighted by atomic mass is 10.1. The number of hydrogen-bond donors (Lipinski definition) is 1. The molecule has 0 radical (unpaired) electrons. The average Bonchev–Trinajstić information content (AvgIpc) is 2.38. The fourth-order valence-electron chi connectivity index (χ4n) is 1.47. The second kappa shape index (κ2) is 7.20. The number of carboxylic acid groups (broad SMARTS) is 1. The first kappa shape index (κ1) is 14.8. The molecule has 0 aromatic heterocycles. The van der Waals surface area contributed by atoms with E-state index in [-0.39, 0.29) is 18.6 Å². The van der Waals surface area contributed by atoms with E-state index in [1.807, 2.05) is 0 Å². The molecule has 5 heteroatoms. The van der Waals surface area contributed by atoms with Gasteiger partial charge in [0.2, 0.25) is 0 Å². The van der Waals surface area contributed by atoms with Crippen LogP contribution in [0.3, 0.4) is 0 Å². The minimum Gasteiger partial charge on any atom is -0.497 e. The zero-order valence-corrected chi connectivity index (χ0v) is 10.9. The molecule has 19 heavy (non-hydrogen) atoms. The van der Waals surface area contributed by atoms with Crippen LogP contribution in [-0.4, -0.2) is 30.8 Å². The predicted octanol–water partition coefficient (Wildman–Crippen LogP) is 2.12. The third-order valence-electron chi connectivity index (χ3n) is 2.34. The molecule has 1 aromatic rings. The summed E-state index contributed by atoms with van der Waals surface area (Å²) in [6.45, 7) is 1.88. The van der Waals surface area contributed by atoms with E-state index in [4.69, 9.17) is 14.6 Å². The van der Waals surface area contributed by atoms with Crippen molar-refractivity contribution in [1.82, 2.24) is 0 Å². The van der Waals surface area contributed by atoms with E-state index < -0.39 is 11.9 Å². The molecular weight excluding hydrogens is 248 g/mol. The highest BCUT2D eigenvalue weighted by Gasteiger charge is 2.14. The van der Waals surface area contributed by atoms with Crippen molar-refractivity contribution in [2.75, 3.05) is 13.7 Å². The Morgan fingerprint density at radius 2 is 1.89 bits per heavy atom. The van der Waals surface area contributed by atoms with E-state index >= 15 is 0 Å². The average molecular weight is 264 g/mol. The van der Waals surface area contributed by atoms with Crippen molar-refractivity contribution < 1.29 is 24.2 Å². The highest BCUT2D eigenvalue weighted by Crippen LogP contribution is 2.16. The normalized spacial score (nSPS) is 10.9. The molecular formula is C14H16O5. The Labute approximate surface area is 111 Å². The lowest BCUT2D eigenvalue weighted by Crippen LogP contribution is -2.11. The van der Waals surface area contributed by atoms with Gasteiger partial charge in [-0.15, -0.1) is 0 Å². The molecule has 0 saturated carbocycles. The van der Waals surface area contributed by atoms with Gasteiger partial charge >= 0.3 is 11.9 Å². The first-order chi connectivity index (χ1) is 9.06. The fraction of sp³-hybridized carbons (Fsp3) is 0.286. The van der Waals surface area contributed by atoms with Crippen molar-refractivity contribution in [3.05, 3.63) is 35.4 Å². The summed E-state index contributed by atoms with van der Waals surface area (Å²) in [4.78, 5) is 22.4. The number of esters is 1. The van der Waals surface area contributed by atoms with E-state index in [0.29, 0.717) is 11.3 Å². The number of benzene rings is 1. The van der Waals surface area contributed by atoms with Gasteiger partial charge in [-0.2, -0.15) is 0 Å². The smallest absolute Gasteiger partial charge is 0.334 e. The molecule has 0 fully saturated rings. The maximum atomic E-state index is 11.6. The van der Waals surface area contributed by atoms with E-state index in [0.717, 1.165) is 0 Å². The molecule has 0 amide bonds. The largest absolute Gasteiger partial charge is 0.497 e. The number of carbonyl (C=O) groups excluding carboxylic acids is 1. The van der Waals surface area contributed by atoms with Crippen LogP contribution in [0, 0.1) is 0 Å². The lowest BCUT2D eigenvalue weighted by Gasteiger charge is -2.05. The summed E-state index contributed by atoms with van der Waals surface area (Å²) >= 11 is 0.